The second-order valence-electron chi connectivity index (χ2n) is 2.36. The zero-order valence-corrected chi connectivity index (χ0v) is 10.3. The van der Waals surface area contributed by atoms with Crippen LogP contribution >= 0.6 is 46.7 Å². The lowest BCUT2D eigenvalue weighted by Crippen LogP contribution is -1.88. The zero-order valence-electron chi connectivity index (χ0n) is 7.04. The van der Waals surface area contributed by atoms with Gasteiger partial charge in [-0.05, 0) is 6.07 Å². The van der Waals surface area contributed by atoms with E-state index in [-0.39, 0.29) is 0 Å². The maximum Gasteiger partial charge on any atom is 0.144 e. The molecule has 6 heteroatoms. The fourth-order valence-corrected chi connectivity index (χ4v) is 4.36. The number of thioether (sulfide) groups is 1. The van der Waals surface area contributed by atoms with Gasteiger partial charge in [0.05, 0.1) is 9.96 Å². The van der Waals surface area contributed by atoms with Crippen molar-refractivity contribution in [1.82, 2.24) is 9.97 Å². The van der Waals surface area contributed by atoms with Crippen molar-refractivity contribution in [3.8, 4) is 0 Å². The molecule has 0 unspecified atom stereocenters. The van der Waals surface area contributed by atoms with Crippen LogP contribution in [0.25, 0.3) is 0 Å². The Balaban J connectivity index is 1.98. The fraction of sp³-hybridized carbons (Fsp3) is 0.125. The summed E-state index contributed by atoms with van der Waals surface area (Å²) in [6, 6.07) is 1.82. The number of nitrogens with zero attached hydrogens (tertiary/aromatic N) is 2. The van der Waals surface area contributed by atoms with E-state index in [2.05, 4.69) is 15.3 Å². The van der Waals surface area contributed by atoms with Crippen LogP contribution in [0.5, 0.6) is 0 Å². The minimum Gasteiger partial charge on any atom is -0.240 e. The molecule has 0 spiro atoms. The van der Waals surface area contributed by atoms with Gasteiger partial charge in [-0.25, -0.2) is 9.97 Å². The average molecular weight is 258 g/mol. The molecule has 2 aromatic heterocycles. The van der Waals surface area contributed by atoms with E-state index in [1.54, 1.807) is 46.8 Å². The molecule has 2 rings (SSSR count). The molecule has 0 amide bonds. The molecular weight excluding hydrogens is 252 g/mol. The fourth-order valence-electron chi connectivity index (χ4n) is 0.830. The molecule has 0 N–H and O–H groups in total. The van der Waals surface area contributed by atoms with Crippen molar-refractivity contribution in [1.29, 1.82) is 0 Å². The highest BCUT2D eigenvalue weighted by Gasteiger charge is 1.99. The molecule has 2 heterocycles. The van der Waals surface area contributed by atoms with Crippen LogP contribution in [-0.2, 0) is 5.75 Å². The van der Waals surface area contributed by atoms with Gasteiger partial charge in [0.15, 0.2) is 0 Å². The van der Waals surface area contributed by atoms with Crippen LogP contribution < -0.4 is 0 Å². The molecule has 0 saturated carbocycles. The maximum absolute atomic E-state index is 5.06. The molecule has 0 aliphatic carbocycles. The van der Waals surface area contributed by atoms with E-state index in [0.717, 1.165) is 14.7 Å². The Morgan fingerprint density at radius 2 is 2.14 bits per heavy atom. The quantitative estimate of drug-likeness (QED) is 0.620. The van der Waals surface area contributed by atoms with Gasteiger partial charge in [0.2, 0.25) is 0 Å². The van der Waals surface area contributed by atoms with Gasteiger partial charge in [0.1, 0.15) is 8.96 Å². The monoisotopic (exact) mass is 258 g/mol. The zero-order chi connectivity index (χ0) is 9.80. The molecule has 0 bridgehead atoms. The SMILES string of the molecule is S=c1scc(SCc2ncccn2)s1. The van der Waals surface area contributed by atoms with Gasteiger partial charge in [-0.1, -0.05) is 12.2 Å². The molecular formula is C8H6N2S4. The Bertz CT molecular complexity index is 448. The third kappa shape index (κ3) is 2.84. The highest BCUT2D eigenvalue weighted by atomic mass is 32.2. The topological polar surface area (TPSA) is 25.8 Å². The standard InChI is InChI=1S/C8H6N2S4/c11-8-13-5-7(14-8)12-4-6-9-2-1-3-10-6/h1-3,5H,4H2. The van der Waals surface area contributed by atoms with Crippen molar-refractivity contribution in [3.05, 3.63) is 32.8 Å². The maximum atomic E-state index is 5.06. The number of hydrogen-bond acceptors (Lipinski definition) is 6. The molecule has 14 heavy (non-hydrogen) atoms. The van der Waals surface area contributed by atoms with Crippen LogP contribution in [0.2, 0.25) is 0 Å². The van der Waals surface area contributed by atoms with Crippen LogP contribution in [0.4, 0.5) is 0 Å². The van der Waals surface area contributed by atoms with E-state index in [1.165, 1.54) is 4.21 Å². The van der Waals surface area contributed by atoms with Gasteiger partial charge in [-0.2, -0.15) is 0 Å². The highest BCUT2D eigenvalue weighted by molar-refractivity contribution is 8.00. The van der Waals surface area contributed by atoms with Gasteiger partial charge in [-0.3, -0.25) is 0 Å². The number of aromatic nitrogens is 2. The first-order valence-corrected chi connectivity index (χ1v) is 6.91. The summed E-state index contributed by atoms with van der Waals surface area (Å²) in [5.41, 5.74) is 0. The second-order valence-corrected chi connectivity index (χ2v) is 6.75. The van der Waals surface area contributed by atoms with Gasteiger partial charge in [0, 0.05) is 17.8 Å². The Kier molecular flexibility index (Phi) is 3.63. The van der Waals surface area contributed by atoms with Gasteiger partial charge in [0.25, 0.3) is 0 Å². The Hall–Kier alpha value is -0.300. The smallest absolute Gasteiger partial charge is 0.144 e. The summed E-state index contributed by atoms with van der Waals surface area (Å²) in [6.45, 7) is 0. The number of rotatable bonds is 3. The molecule has 72 valence electrons. The lowest BCUT2D eigenvalue weighted by atomic mass is 10.6. The lowest BCUT2D eigenvalue weighted by molar-refractivity contribution is 1.03. The summed E-state index contributed by atoms with van der Waals surface area (Å²) in [6.07, 6.45) is 3.52. The minimum absolute atomic E-state index is 0.808. The third-order valence-corrected chi connectivity index (χ3v) is 5.21. The Morgan fingerprint density at radius 3 is 2.79 bits per heavy atom. The molecule has 0 atom stereocenters. The largest absolute Gasteiger partial charge is 0.240 e. The molecule has 2 nitrogen and oxygen atoms in total. The highest BCUT2D eigenvalue weighted by Crippen LogP contribution is 2.29. The summed E-state index contributed by atoms with van der Waals surface area (Å²) in [4.78, 5) is 8.30. The van der Waals surface area contributed by atoms with Crippen molar-refractivity contribution >= 4 is 46.7 Å². The molecule has 0 radical (unpaired) electrons. The van der Waals surface area contributed by atoms with Crippen molar-refractivity contribution in [2.75, 3.05) is 0 Å². The minimum atomic E-state index is 0.808. The molecule has 0 aromatic carbocycles. The van der Waals surface area contributed by atoms with Crippen molar-refractivity contribution in [2.24, 2.45) is 0 Å². The predicted molar refractivity (Wildman–Crippen MR) is 64.6 cm³/mol. The van der Waals surface area contributed by atoms with E-state index >= 15 is 0 Å². The normalized spacial score (nSPS) is 10.3. The Labute approximate surface area is 99.1 Å². The van der Waals surface area contributed by atoms with Crippen molar-refractivity contribution in [2.45, 2.75) is 9.96 Å². The van der Waals surface area contributed by atoms with E-state index in [0.29, 0.717) is 0 Å². The molecule has 0 saturated heterocycles. The van der Waals surface area contributed by atoms with Crippen LogP contribution in [-0.4, -0.2) is 9.97 Å². The first-order valence-electron chi connectivity index (χ1n) is 3.82. The summed E-state index contributed by atoms with van der Waals surface area (Å²) in [5, 5.41) is 2.08. The van der Waals surface area contributed by atoms with E-state index in [9.17, 15) is 0 Å². The average Bonchev–Trinajstić information content (AvgIpc) is 2.63. The van der Waals surface area contributed by atoms with Crippen LogP contribution in [0.1, 0.15) is 5.82 Å². The van der Waals surface area contributed by atoms with E-state index in [1.807, 2.05) is 6.07 Å². The third-order valence-electron chi connectivity index (χ3n) is 1.40. The van der Waals surface area contributed by atoms with Gasteiger partial charge < -0.3 is 0 Å². The predicted octanol–water partition coefficient (Wildman–Crippen LogP) is 3.62. The first kappa shape index (κ1) is 10.2. The van der Waals surface area contributed by atoms with E-state index < -0.39 is 0 Å². The van der Waals surface area contributed by atoms with E-state index in [4.69, 9.17) is 12.2 Å². The van der Waals surface area contributed by atoms with Crippen molar-refractivity contribution in [3.63, 3.8) is 0 Å². The number of hydrogen-bond donors (Lipinski definition) is 0. The first-order chi connectivity index (χ1) is 6.84. The lowest BCUT2D eigenvalue weighted by Gasteiger charge is -1.95. The molecule has 2 aromatic rings. The van der Waals surface area contributed by atoms with Crippen LogP contribution in [0.15, 0.2) is 28.0 Å². The summed E-state index contributed by atoms with van der Waals surface area (Å²) >= 11 is 10.0. The summed E-state index contributed by atoms with van der Waals surface area (Å²) < 4.78 is 2.22. The molecule has 0 aliphatic rings. The van der Waals surface area contributed by atoms with Crippen LogP contribution in [0.3, 0.4) is 0 Å². The second kappa shape index (κ2) is 4.97. The van der Waals surface area contributed by atoms with Crippen molar-refractivity contribution < 1.29 is 0 Å². The molecule has 0 aliphatic heterocycles. The van der Waals surface area contributed by atoms with Crippen LogP contribution in [0, 0.1) is 3.14 Å². The Morgan fingerprint density at radius 1 is 1.36 bits per heavy atom. The summed E-state index contributed by atoms with van der Waals surface area (Å²) in [5.74, 6) is 1.67. The van der Waals surface area contributed by atoms with Gasteiger partial charge >= 0.3 is 0 Å². The van der Waals surface area contributed by atoms with Gasteiger partial charge in [-0.15, -0.1) is 34.4 Å². The summed E-state index contributed by atoms with van der Waals surface area (Å²) in [7, 11) is 0. The molecule has 0 fully saturated rings.